The van der Waals surface area contributed by atoms with E-state index in [1.54, 1.807) is 11.8 Å². The monoisotopic (exact) mass is 427 g/mol. The molecule has 0 saturated heterocycles. The predicted octanol–water partition coefficient (Wildman–Crippen LogP) is 2.49. The third kappa shape index (κ3) is 2.25. The number of hydrogen-bond acceptors (Lipinski definition) is 3. The van der Waals surface area contributed by atoms with Gasteiger partial charge in [-0.3, -0.25) is 0 Å². The van der Waals surface area contributed by atoms with Crippen molar-refractivity contribution in [3.63, 3.8) is 0 Å². The maximum Gasteiger partial charge on any atom is 0.157 e. The average molecular weight is 427 g/mol. The largest absolute Gasteiger partial charge is 0.497 e. The van der Waals surface area contributed by atoms with Gasteiger partial charge < -0.3 is 4.74 Å². The van der Waals surface area contributed by atoms with Crippen molar-refractivity contribution in [3.05, 3.63) is 31.7 Å². The molecule has 2 aromatic rings. The first kappa shape index (κ1) is 11.1. The Bertz CT molecular complexity index is 467. The second-order valence-electron chi connectivity index (χ2n) is 2.78. The van der Waals surface area contributed by atoms with Crippen LogP contribution in [0.25, 0.3) is 5.69 Å². The molecule has 78 valence electrons. The van der Waals surface area contributed by atoms with Gasteiger partial charge in [0.15, 0.2) is 3.70 Å². The van der Waals surface area contributed by atoms with Crippen LogP contribution in [-0.4, -0.2) is 22.1 Å². The summed E-state index contributed by atoms with van der Waals surface area (Å²) in [6, 6.07) is 7.71. The number of methoxy groups -OCH3 is 1. The van der Waals surface area contributed by atoms with Gasteiger partial charge in [-0.25, -0.2) is 4.68 Å². The highest BCUT2D eigenvalue weighted by Crippen LogP contribution is 2.18. The van der Waals surface area contributed by atoms with Crippen molar-refractivity contribution in [1.82, 2.24) is 15.0 Å². The fourth-order valence-electron chi connectivity index (χ4n) is 1.14. The fourth-order valence-corrected chi connectivity index (χ4v) is 1.95. The molecule has 0 amide bonds. The molecule has 0 spiro atoms. The first-order valence-electron chi connectivity index (χ1n) is 4.13. The van der Waals surface area contributed by atoms with Crippen LogP contribution in [0.4, 0.5) is 0 Å². The minimum atomic E-state index is 0.837. The van der Waals surface area contributed by atoms with E-state index in [2.05, 4.69) is 55.5 Å². The second-order valence-corrected chi connectivity index (χ2v) is 4.82. The van der Waals surface area contributed by atoms with Crippen LogP contribution >= 0.6 is 45.2 Å². The van der Waals surface area contributed by atoms with Gasteiger partial charge in [0.25, 0.3) is 0 Å². The minimum Gasteiger partial charge on any atom is -0.497 e. The summed E-state index contributed by atoms with van der Waals surface area (Å²) in [6.07, 6.45) is 0. The Labute approximate surface area is 114 Å². The summed E-state index contributed by atoms with van der Waals surface area (Å²) in [6.45, 7) is 0. The van der Waals surface area contributed by atoms with Crippen molar-refractivity contribution in [2.75, 3.05) is 7.11 Å². The summed E-state index contributed by atoms with van der Waals surface area (Å²) in [5.41, 5.74) is 0.982. The first-order chi connectivity index (χ1) is 7.22. The van der Waals surface area contributed by atoms with Gasteiger partial charge in [-0.15, -0.1) is 5.10 Å². The highest BCUT2D eigenvalue weighted by atomic mass is 127. The topological polar surface area (TPSA) is 39.9 Å². The van der Waals surface area contributed by atoms with E-state index >= 15 is 0 Å². The van der Waals surface area contributed by atoms with Crippen LogP contribution in [0.1, 0.15) is 0 Å². The molecule has 1 heterocycles. The zero-order valence-electron chi connectivity index (χ0n) is 7.82. The van der Waals surface area contributed by atoms with Crippen LogP contribution in [0.15, 0.2) is 24.3 Å². The van der Waals surface area contributed by atoms with Crippen LogP contribution in [0.3, 0.4) is 0 Å². The Morgan fingerprint density at radius 1 is 1.20 bits per heavy atom. The molecule has 0 aliphatic carbocycles. The summed E-state index contributed by atoms with van der Waals surface area (Å²) < 4.78 is 8.80. The molecular weight excluding hydrogens is 420 g/mol. The molecule has 1 aromatic heterocycles. The Balaban J connectivity index is 2.41. The van der Waals surface area contributed by atoms with E-state index < -0.39 is 0 Å². The molecule has 0 bridgehead atoms. The number of rotatable bonds is 2. The molecule has 0 aliphatic rings. The van der Waals surface area contributed by atoms with Gasteiger partial charge in [0.1, 0.15) is 9.45 Å². The van der Waals surface area contributed by atoms with Crippen molar-refractivity contribution in [3.8, 4) is 11.4 Å². The SMILES string of the molecule is COc1ccc(-n2nnc(I)c2I)cc1. The molecule has 0 unspecified atom stereocenters. The molecule has 6 heteroatoms. The zero-order chi connectivity index (χ0) is 10.8. The lowest BCUT2D eigenvalue weighted by molar-refractivity contribution is 0.414. The number of hydrogen-bond donors (Lipinski definition) is 0. The third-order valence-corrected chi connectivity index (χ3v) is 4.62. The Hall–Kier alpha value is -0.380. The third-order valence-electron chi connectivity index (χ3n) is 1.90. The molecule has 0 atom stereocenters. The molecule has 0 saturated carbocycles. The van der Waals surface area contributed by atoms with Crippen molar-refractivity contribution in [2.24, 2.45) is 0 Å². The molecule has 0 radical (unpaired) electrons. The average Bonchev–Trinajstić information content (AvgIpc) is 2.60. The van der Waals surface area contributed by atoms with Gasteiger partial charge in [0, 0.05) is 0 Å². The van der Waals surface area contributed by atoms with Crippen LogP contribution < -0.4 is 4.74 Å². The standard InChI is InChI=1S/C9H7I2N3O/c1-15-7-4-2-6(3-5-7)14-9(11)8(10)12-13-14/h2-5H,1H3. The lowest BCUT2D eigenvalue weighted by atomic mass is 10.3. The molecule has 0 aliphatic heterocycles. The van der Waals surface area contributed by atoms with E-state index in [9.17, 15) is 0 Å². The lowest BCUT2D eigenvalue weighted by Crippen LogP contribution is -1.99. The molecular formula is C9H7I2N3O. The maximum absolute atomic E-state index is 5.09. The number of aromatic nitrogens is 3. The van der Waals surface area contributed by atoms with Crippen molar-refractivity contribution >= 4 is 45.2 Å². The van der Waals surface area contributed by atoms with Crippen LogP contribution in [0.2, 0.25) is 0 Å². The molecule has 2 rings (SSSR count). The van der Waals surface area contributed by atoms with E-state index in [-0.39, 0.29) is 0 Å². The van der Waals surface area contributed by atoms with Gasteiger partial charge in [0.05, 0.1) is 12.8 Å². The van der Waals surface area contributed by atoms with Gasteiger partial charge in [-0.1, -0.05) is 5.21 Å². The summed E-state index contributed by atoms with van der Waals surface area (Å²) in [5, 5.41) is 8.05. The molecule has 0 N–H and O–H groups in total. The zero-order valence-corrected chi connectivity index (χ0v) is 12.1. The van der Waals surface area contributed by atoms with E-state index in [0.717, 1.165) is 18.8 Å². The molecule has 4 nitrogen and oxygen atoms in total. The Kier molecular flexibility index (Phi) is 3.44. The highest BCUT2D eigenvalue weighted by Gasteiger charge is 2.08. The summed E-state index contributed by atoms with van der Waals surface area (Å²) in [7, 11) is 1.65. The normalized spacial score (nSPS) is 10.3. The van der Waals surface area contributed by atoms with E-state index in [0.29, 0.717) is 0 Å². The van der Waals surface area contributed by atoms with Gasteiger partial charge >= 0.3 is 0 Å². The second kappa shape index (κ2) is 4.64. The number of benzene rings is 1. The van der Waals surface area contributed by atoms with Crippen molar-refractivity contribution in [2.45, 2.75) is 0 Å². The lowest BCUT2D eigenvalue weighted by Gasteiger charge is -2.03. The van der Waals surface area contributed by atoms with Crippen molar-refractivity contribution in [1.29, 1.82) is 0 Å². The summed E-state index contributed by atoms with van der Waals surface area (Å²) >= 11 is 4.38. The fraction of sp³-hybridized carbons (Fsp3) is 0.111. The minimum absolute atomic E-state index is 0.837. The Morgan fingerprint density at radius 3 is 2.33 bits per heavy atom. The smallest absolute Gasteiger partial charge is 0.157 e. The quantitative estimate of drug-likeness (QED) is 0.693. The summed E-state index contributed by atoms with van der Waals surface area (Å²) in [4.78, 5) is 0. The van der Waals surface area contributed by atoms with E-state index in [4.69, 9.17) is 4.74 Å². The molecule has 15 heavy (non-hydrogen) atoms. The van der Waals surface area contributed by atoms with Gasteiger partial charge in [0.2, 0.25) is 0 Å². The number of ether oxygens (including phenoxy) is 1. The predicted molar refractivity (Wildman–Crippen MR) is 73.3 cm³/mol. The molecule has 1 aromatic carbocycles. The van der Waals surface area contributed by atoms with Crippen LogP contribution in [0, 0.1) is 7.40 Å². The number of nitrogens with zero attached hydrogens (tertiary/aromatic N) is 3. The van der Waals surface area contributed by atoms with Crippen molar-refractivity contribution < 1.29 is 4.74 Å². The first-order valence-corrected chi connectivity index (χ1v) is 6.29. The number of halogens is 2. The summed E-state index contributed by atoms with van der Waals surface area (Å²) in [5.74, 6) is 0.837. The van der Waals surface area contributed by atoms with Gasteiger partial charge in [-0.05, 0) is 69.4 Å². The van der Waals surface area contributed by atoms with E-state index in [1.165, 1.54) is 0 Å². The Morgan fingerprint density at radius 2 is 1.87 bits per heavy atom. The molecule has 0 fully saturated rings. The highest BCUT2D eigenvalue weighted by molar-refractivity contribution is 14.1. The maximum atomic E-state index is 5.09. The van der Waals surface area contributed by atoms with Gasteiger partial charge in [-0.2, -0.15) is 0 Å². The van der Waals surface area contributed by atoms with Crippen LogP contribution in [0.5, 0.6) is 5.75 Å². The van der Waals surface area contributed by atoms with E-state index in [1.807, 2.05) is 24.3 Å². The van der Waals surface area contributed by atoms with Crippen LogP contribution in [-0.2, 0) is 0 Å².